The van der Waals surface area contributed by atoms with Crippen LogP contribution < -0.4 is 0 Å². The Morgan fingerprint density at radius 1 is 1.18 bits per heavy atom. The van der Waals surface area contributed by atoms with Gasteiger partial charge in [-0.15, -0.1) is 0 Å². The second-order valence-electron chi connectivity index (χ2n) is 5.37. The molecule has 0 aromatic rings. The van der Waals surface area contributed by atoms with Crippen LogP contribution in [0.3, 0.4) is 0 Å². The standard InChI is InChI=1S/C14H27N3/c1-4-17(11-7-10-16(2)3)14-9-6-5-8-13(14)12-15/h13-14H,4-11H2,1-3H3. The second kappa shape index (κ2) is 7.68. The highest BCUT2D eigenvalue weighted by Gasteiger charge is 2.28. The predicted octanol–water partition coefficient (Wildman–Crippen LogP) is 2.34. The highest BCUT2D eigenvalue weighted by molar-refractivity contribution is 4.95. The van der Waals surface area contributed by atoms with E-state index in [1.54, 1.807) is 0 Å². The number of hydrogen-bond donors (Lipinski definition) is 0. The van der Waals surface area contributed by atoms with Gasteiger partial charge in [-0.25, -0.2) is 0 Å². The molecule has 1 saturated carbocycles. The van der Waals surface area contributed by atoms with E-state index in [-0.39, 0.29) is 5.92 Å². The minimum absolute atomic E-state index is 0.267. The van der Waals surface area contributed by atoms with Crippen LogP contribution >= 0.6 is 0 Å². The molecule has 3 heteroatoms. The fourth-order valence-corrected chi connectivity index (χ4v) is 2.85. The third-order valence-electron chi connectivity index (χ3n) is 3.82. The van der Waals surface area contributed by atoms with Crippen LogP contribution in [0.1, 0.15) is 39.0 Å². The zero-order chi connectivity index (χ0) is 12.7. The molecule has 0 N–H and O–H groups in total. The van der Waals surface area contributed by atoms with Crippen LogP contribution in [0.25, 0.3) is 0 Å². The van der Waals surface area contributed by atoms with Crippen molar-refractivity contribution < 1.29 is 0 Å². The van der Waals surface area contributed by atoms with Crippen molar-refractivity contribution in [1.29, 1.82) is 5.26 Å². The SMILES string of the molecule is CCN(CCCN(C)C)C1CCCCC1C#N. The first kappa shape index (κ1) is 14.5. The molecule has 0 aromatic carbocycles. The van der Waals surface area contributed by atoms with Gasteiger partial charge in [0.2, 0.25) is 0 Å². The third-order valence-corrected chi connectivity index (χ3v) is 3.82. The van der Waals surface area contributed by atoms with Crippen LogP contribution in [0, 0.1) is 17.2 Å². The van der Waals surface area contributed by atoms with Crippen molar-refractivity contribution in [2.45, 2.75) is 45.1 Å². The summed E-state index contributed by atoms with van der Waals surface area (Å²) in [6.07, 6.45) is 6.06. The molecule has 0 bridgehead atoms. The predicted molar refractivity (Wildman–Crippen MR) is 71.8 cm³/mol. The van der Waals surface area contributed by atoms with E-state index in [4.69, 9.17) is 0 Å². The first-order valence-electron chi connectivity index (χ1n) is 6.97. The molecule has 1 rings (SSSR count). The Hall–Kier alpha value is -0.590. The zero-order valence-corrected chi connectivity index (χ0v) is 11.7. The molecule has 0 saturated heterocycles. The summed E-state index contributed by atoms with van der Waals surface area (Å²) in [4.78, 5) is 4.76. The Balaban J connectivity index is 2.44. The molecule has 2 atom stereocenters. The number of hydrogen-bond acceptors (Lipinski definition) is 3. The quantitative estimate of drug-likeness (QED) is 0.710. The smallest absolute Gasteiger partial charge is 0.0672 e. The van der Waals surface area contributed by atoms with Crippen LogP contribution in [0.5, 0.6) is 0 Å². The van der Waals surface area contributed by atoms with Crippen LogP contribution in [-0.2, 0) is 0 Å². The summed E-state index contributed by atoms with van der Waals surface area (Å²) < 4.78 is 0. The van der Waals surface area contributed by atoms with Crippen molar-refractivity contribution in [3.05, 3.63) is 0 Å². The van der Waals surface area contributed by atoms with Crippen molar-refractivity contribution in [2.75, 3.05) is 33.7 Å². The van der Waals surface area contributed by atoms with E-state index in [0.717, 1.165) is 26.1 Å². The lowest BCUT2D eigenvalue weighted by Gasteiger charge is -2.36. The van der Waals surface area contributed by atoms with Crippen LogP contribution in [0.15, 0.2) is 0 Å². The van der Waals surface area contributed by atoms with Gasteiger partial charge in [-0.1, -0.05) is 19.8 Å². The van der Waals surface area contributed by atoms with Crippen molar-refractivity contribution in [3.63, 3.8) is 0 Å². The topological polar surface area (TPSA) is 30.3 Å². The monoisotopic (exact) mass is 237 g/mol. The molecule has 2 unspecified atom stereocenters. The third kappa shape index (κ3) is 4.65. The minimum atomic E-state index is 0.267. The Bertz CT molecular complexity index is 244. The summed E-state index contributed by atoms with van der Waals surface area (Å²) >= 11 is 0. The normalized spacial score (nSPS) is 25.2. The average Bonchev–Trinajstić information content (AvgIpc) is 2.34. The molecule has 3 nitrogen and oxygen atoms in total. The highest BCUT2D eigenvalue weighted by Crippen LogP contribution is 2.28. The summed E-state index contributed by atoms with van der Waals surface area (Å²) in [6.45, 7) is 5.58. The number of nitrogens with zero attached hydrogens (tertiary/aromatic N) is 3. The van der Waals surface area contributed by atoms with E-state index in [1.807, 2.05) is 0 Å². The zero-order valence-electron chi connectivity index (χ0n) is 11.7. The lowest BCUT2D eigenvalue weighted by Crippen LogP contribution is -2.43. The van der Waals surface area contributed by atoms with Gasteiger partial charge in [-0.3, -0.25) is 4.90 Å². The van der Waals surface area contributed by atoms with E-state index < -0.39 is 0 Å². The number of rotatable bonds is 6. The van der Waals surface area contributed by atoms with E-state index in [0.29, 0.717) is 6.04 Å². The summed E-state index contributed by atoms with van der Waals surface area (Å²) in [5, 5.41) is 9.23. The maximum Gasteiger partial charge on any atom is 0.0672 e. The lowest BCUT2D eigenvalue weighted by molar-refractivity contribution is 0.128. The molecule has 1 aliphatic rings. The van der Waals surface area contributed by atoms with Gasteiger partial charge in [-0.2, -0.15) is 5.26 Å². The summed E-state index contributed by atoms with van der Waals surface area (Å²) in [5.74, 6) is 0.267. The number of nitriles is 1. The van der Waals surface area contributed by atoms with Gasteiger partial charge in [0.25, 0.3) is 0 Å². The first-order valence-corrected chi connectivity index (χ1v) is 6.97. The van der Waals surface area contributed by atoms with E-state index >= 15 is 0 Å². The molecule has 0 amide bonds. The molecule has 0 heterocycles. The Morgan fingerprint density at radius 3 is 2.47 bits per heavy atom. The van der Waals surface area contributed by atoms with Crippen LogP contribution in [0.4, 0.5) is 0 Å². The molecular weight excluding hydrogens is 210 g/mol. The maximum atomic E-state index is 9.23. The molecule has 0 spiro atoms. The molecule has 0 radical (unpaired) electrons. The van der Waals surface area contributed by atoms with Gasteiger partial charge in [0.1, 0.15) is 0 Å². The van der Waals surface area contributed by atoms with Crippen molar-refractivity contribution >= 4 is 0 Å². The largest absolute Gasteiger partial charge is 0.309 e. The summed E-state index contributed by atoms with van der Waals surface area (Å²) in [7, 11) is 4.24. The van der Waals surface area contributed by atoms with Gasteiger partial charge in [0.15, 0.2) is 0 Å². The van der Waals surface area contributed by atoms with Gasteiger partial charge in [-0.05, 0) is 53.0 Å². The van der Waals surface area contributed by atoms with Crippen molar-refractivity contribution in [2.24, 2.45) is 5.92 Å². The fraction of sp³-hybridized carbons (Fsp3) is 0.929. The van der Waals surface area contributed by atoms with Gasteiger partial charge < -0.3 is 4.90 Å². The van der Waals surface area contributed by atoms with Crippen molar-refractivity contribution in [1.82, 2.24) is 9.80 Å². The Kier molecular flexibility index (Phi) is 6.54. The first-order chi connectivity index (χ1) is 8.19. The average molecular weight is 237 g/mol. The lowest BCUT2D eigenvalue weighted by atomic mass is 9.84. The van der Waals surface area contributed by atoms with E-state index in [2.05, 4.69) is 36.9 Å². The molecule has 17 heavy (non-hydrogen) atoms. The van der Waals surface area contributed by atoms with Crippen LogP contribution in [0.2, 0.25) is 0 Å². The van der Waals surface area contributed by atoms with E-state index in [9.17, 15) is 5.26 Å². The maximum absolute atomic E-state index is 9.23. The van der Waals surface area contributed by atoms with E-state index in [1.165, 1.54) is 25.7 Å². The minimum Gasteiger partial charge on any atom is -0.309 e. The molecule has 1 fully saturated rings. The molecule has 0 aromatic heterocycles. The molecular formula is C14H27N3. The van der Waals surface area contributed by atoms with Gasteiger partial charge in [0.05, 0.1) is 12.0 Å². The Labute approximate surface area is 106 Å². The van der Waals surface area contributed by atoms with Crippen molar-refractivity contribution in [3.8, 4) is 6.07 Å². The molecule has 1 aliphatic carbocycles. The Morgan fingerprint density at radius 2 is 1.88 bits per heavy atom. The molecule has 98 valence electrons. The summed E-state index contributed by atoms with van der Waals surface area (Å²) in [6, 6.07) is 3.03. The van der Waals surface area contributed by atoms with Crippen LogP contribution in [-0.4, -0.2) is 49.6 Å². The van der Waals surface area contributed by atoms with Gasteiger partial charge in [0, 0.05) is 6.04 Å². The summed E-state index contributed by atoms with van der Waals surface area (Å²) in [5.41, 5.74) is 0. The highest BCUT2D eigenvalue weighted by atomic mass is 15.2. The molecule has 0 aliphatic heterocycles. The fourth-order valence-electron chi connectivity index (χ4n) is 2.85. The van der Waals surface area contributed by atoms with Gasteiger partial charge >= 0.3 is 0 Å². The second-order valence-corrected chi connectivity index (χ2v) is 5.37.